The number of hydrogen-bond acceptors (Lipinski definition) is 6. The minimum Gasteiger partial charge on any atom is -0.440 e. The summed E-state index contributed by atoms with van der Waals surface area (Å²) >= 11 is 0. The number of carbonyl (C=O) groups is 3. The summed E-state index contributed by atoms with van der Waals surface area (Å²) in [6.45, 7) is 2.22. The lowest BCUT2D eigenvalue weighted by atomic mass is 9.82. The number of oxazole rings is 1. The van der Waals surface area contributed by atoms with E-state index in [9.17, 15) is 14.4 Å². The summed E-state index contributed by atoms with van der Waals surface area (Å²) in [6, 6.07) is 7.22. The Balaban J connectivity index is 1.14. The van der Waals surface area contributed by atoms with E-state index in [0.717, 1.165) is 67.2 Å². The number of rotatable bonds is 5. The van der Waals surface area contributed by atoms with Crippen molar-refractivity contribution in [3.8, 4) is 0 Å². The fraction of sp³-hybridized carbons (Fsp3) is 0.565. The van der Waals surface area contributed by atoms with Gasteiger partial charge in [-0.1, -0.05) is 31.4 Å². The molecule has 4 amide bonds. The standard InChI is InChI=1S/C23H29N5O4/c29-19(26-28-21(30)23(25-22(28)31)11-4-1-5-12-23)10-14-27-13-6-7-16(15-27)20-24-17-8-2-3-9-18(17)32-20/h2-3,8-9,16H,1,4-7,10-15H2,(H,25,31)(H,26,29). The van der Waals surface area contributed by atoms with Gasteiger partial charge in [0.1, 0.15) is 11.1 Å². The molecule has 1 aliphatic carbocycles. The molecule has 32 heavy (non-hydrogen) atoms. The van der Waals surface area contributed by atoms with Gasteiger partial charge in [-0.05, 0) is 44.4 Å². The summed E-state index contributed by atoms with van der Waals surface area (Å²) in [6.07, 6.45) is 6.36. The highest BCUT2D eigenvalue weighted by Crippen LogP contribution is 2.33. The van der Waals surface area contributed by atoms with Crippen LogP contribution in [-0.2, 0) is 9.59 Å². The zero-order chi connectivity index (χ0) is 22.1. The van der Waals surface area contributed by atoms with Gasteiger partial charge in [-0.3, -0.25) is 15.0 Å². The Morgan fingerprint density at radius 3 is 2.81 bits per heavy atom. The van der Waals surface area contributed by atoms with Crippen LogP contribution in [-0.4, -0.2) is 57.9 Å². The van der Waals surface area contributed by atoms with Crippen LogP contribution in [0.25, 0.3) is 11.1 Å². The fourth-order valence-corrected chi connectivity index (χ4v) is 5.18. The molecule has 170 valence electrons. The molecule has 1 atom stereocenters. The molecule has 1 unspecified atom stereocenters. The monoisotopic (exact) mass is 439 g/mol. The molecular weight excluding hydrogens is 410 g/mol. The van der Waals surface area contributed by atoms with Gasteiger partial charge in [0.25, 0.3) is 5.91 Å². The van der Waals surface area contributed by atoms with Gasteiger partial charge in [0.05, 0.1) is 0 Å². The first-order chi connectivity index (χ1) is 15.5. The van der Waals surface area contributed by atoms with Gasteiger partial charge >= 0.3 is 6.03 Å². The SMILES string of the molecule is O=C(CCN1CCCC(c2nc3ccccc3o2)C1)NN1C(=O)NC2(CCCCC2)C1=O. The maximum absolute atomic E-state index is 12.8. The van der Waals surface area contributed by atoms with Crippen LogP contribution in [0.1, 0.15) is 63.2 Å². The van der Waals surface area contributed by atoms with Crippen LogP contribution in [0.15, 0.2) is 28.7 Å². The largest absolute Gasteiger partial charge is 0.440 e. The number of amides is 4. The molecule has 2 saturated heterocycles. The van der Waals surface area contributed by atoms with Crippen molar-refractivity contribution >= 4 is 28.9 Å². The molecule has 1 aromatic heterocycles. The third-order valence-electron chi connectivity index (χ3n) is 6.93. The van der Waals surface area contributed by atoms with Crippen molar-refractivity contribution < 1.29 is 18.8 Å². The zero-order valence-corrected chi connectivity index (χ0v) is 18.1. The Hall–Kier alpha value is -2.94. The fourth-order valence-electron chi connectivity index (χ4n) is 5.18. The first-order valence-electron chi connectivity index (χ1n) is 11.6. The van der Waals surface area contributed by atoms with Crippen LogP contribution >= 0.6 is 0 Å². The normalized spacial score (nSPS) is 23.6. The van der Waals surface area contributed by atoms with Crippen LogP contribution in [0.3, 0.4) is 0 Å². The summed E-state index contributed by atoms with van der Waals surface area (Å²) in [5, 5.41) is 3.69. The van der Waals surface area contributed by atoms with Gasteiger partial charge in [-0.25, -0.2) is 9.78 Å². The van der Waals surface area contributed by atoms with Crippen molar-refractivity contribution in [3.05, 3.63) is 30.2 Å². The number of likely N-dealkylation sites (tertiary alicyclic amines) is 1. The van der Waals surface area contributed by atoms with E-state index < -0.39 is 11.6 Å². The highest BCUT2D eigenvalue weighted by molar-refractivity contribution is 6.08. The second-order valence-corrected chi connectivity index (χ2v) is 9.16. The van der Waals surface area contributed by atoms with Gasteiger partial charge in [-0.2, -0.15) is 5.01 Å². The van der Waals surface area contributed by atoms with Crippen molar-refractivity contribution in [1.29, 1.82) is 0 Å². The number of urea groups is 1. The van der Waals surface area contributed by atoms with Crippen LogP contribution < -0.4 is 10.7 Å². The average Bonchev–Trinajstić information content (AvgIpc) is 3.34. The number of para-hydroxylation sites is 2. The number of fused-ring (bicyclic) bond motifs is 1. The summed E-state index contributed by atoms with van der Waals surface area (Å²) in [5.74, 6) is 0.281. The first kappa shape index (κ1) is 20.9. The third-order valence-corrected chi connectivity index (χ3v) is 6.93. The van der Waals surface area contributed by atoms with Crippen molar-refractivity contribution in [3.63, 3.8) is 0 Å². The van der Waals surface area contributed by atoms with Crippen molar-refractivity contribution in [2.24, 2.45) is 0 Å². The van der Waals surface area contributed by atoms with E-state index in [0.29, 0.717) is 19.4 Å². The smallest absolute Gasteiger partial charge is 0.344 e. The molecule has 5 rings (SSSR count). The number of hydrogen-bond donors (Lipinski definition) is 2. The van der Waals surface area contributed by atoms with Crippen LogP contribution in [0.4, 0.5) is 4.79 Å². The summed E-state index contributed by atoms with van der Waals surface area (Å²) in [4.78, 5) is 44.5. The van der Waals surface area contributed by atoms with E-state index in [4.69, 9.17) is 4.42 Å². The summed E-state index contributed by atoms with van der Waals surface area (Å²) < 4.78 is 5.94. The Bertz CT molecular complexity index is 995. The summed E-state index contributed by atoms with van der Waals surface area (Å²) in [5.41, 5.74) is 3.35. The maximum Gasteiger partial charge on any atom is 0.344 e. The van der Waals surface area contributed by atoms with E-state index >= 15 is 0 Å². The van der Waals surface area contributed by atoms with Gasteiger partial charge in [-0.15, -0.1) is 0 Å². The van der Waals surface area contributed by atoms with Crippen molar-refractivity contribution in [2.75, 3.05) is 19.6 Å². The number of benzene rings is 1. The van der Waals surface area contributed by atoms with E-state index in [2.05, 4.69) is 20.6 Å². The molecule has 3 aliphatic rings. The first-order valence-corrected chi connectivity index (χ1v) is 11.6. The number of nitrogens with zero attached hydrogens (tertiary/aromatic N) is 3. The highest BCUT2D eigenvalue weighted by atomic mass is 16.3. The van der Waals surface area contributed by atoms with Crippen LogP contribution in [0, 0.1) is 0 Å². The molecule has 1 spiro atoms. The average molecular weight is 440 g/mol. The molecule has 9 heteroatoms. The summed E-state index contributed by atoms with van der Waals surface area (Å²) in [7, 11) is 0. The number of piperidine rings is 1. The minimum absolute atomic E-state index is 0.191. The predicted octanol–water partition coefficient (Wildman–Crippen LogP) is 2.68. The number of imide groups is 1. The number of carbonyl (C=O) groups excluding carboxylic acids is 3. The molecule has 2 aromatic rings. The second-order valence-electron chi connectivity index (χ2n) is 9.16. The zero-order valence-electron chi connectivity index (χ0n) is 18.1. The Morgan fingerprint density at radius 2 is 2.00 bits per heavy atom. The molecule has 9 nitrogen and oxygen atoms in total. The van der Waals surface area contributed by atoms with Gasteiger partial charge in [0.2, 0.25) is 5.91 Å². The second kappa shape index (κ2) is 8.54. The molecule has 3 heterocycles. The predicted molar refractivity (Wildman–Crippen MR) is 116 cm³/mol. The third kappa shape index (κ3) is 3.97. The van der Waals surface area contributed by atoms with Crippen LogP contribution in [0.2, 0.25) is 0 Å². The number of nitrogens with one attached hydrogen (secondary N) is 2. The van der Waals surface area contributed by atoms with E-state index in [-0.39, 0.29) is 24.2 Å². The lowest BCUT2D eigenvalue weighted by molar-refractivity contribution is -0.140. The minimum atomic E-state index is -0.831. The number of hydrazine groups is 1. The molecule has 3 fully saturated rings. The maximum atomic E-state index is 12.8. The van der Waals surface area contributed by atoms with E-state index in [1.54, 1.807) is 0 Å². The Labute approximate surface area is 186 Å². The molecule has 1 aromatic carbocycles. The quantitative estimate of drug-likeness (QED) is 0.694. The van der Waals surface area contributed by atoms with Gasteiger partial charge in [0.15, 0.2) is 11.5 Å². The van der Waals surface area contributed by atoms with Crippen LogP contribution in [0.5, 0.6) is 0 Å². The van der Waals surface area contributed by atoms with Crippen molar-refractivity contribution in [2.45, 2.75) is 62.8 Å². The highest BCUT2D eigenvalue weighted by Gasteiger charge is 2.52. The topological polar surface area (TPSA) is 108 Å². The van der Waals surface area contributed by atoms with E-state index in [1.807, 2.05) is 24.3 Å². The van der Waals surface area contributed by atoms with E-state index in [1.165, 1.54) is 0 Å². The molecule has 0 radical (unpaired) electrons. The lowest BCUT2D eigenvalue weighted by Crippen LogP contribution is -2.51. The molecule has 1 saturated carbocycles. The number of aromatic nitrogens is 1. The van der Waals surface area contributed by atoms with Gasteiger partial charge < -0.3 is 14.6 Å². The molecular formula is C23H29N5O4. The van der Waals surface area contributed by atoms with Gasteiger partial charge in [0, 0.05) is 25.4 Å². The molecule has 2 N–H and O–H groups in total. The molecule has 2 aliphatic heterocycles. The Kier molecular flexibility index (Phi) is 5.58. The lowest BCUT2D eigenvalue weighted by Gasteiger charge is -2.31. The van der Waals surface area contributed by atoms with Crippen molar-refractivity contribution in [1.82, 2.24) is 25.6 Å². The molecule has 0 bridgehead atoms. The Morgan fingerprint density at radius 1 is 1.19 bits per heavy atom.